The van der Waals surface area contributed by atoms with Gasteiger partial charge in [-0.1, -0.05) is 35.5 Å². The fraction of sp³-hybridized carbons (Fsp3) is 0.308. The normalized spacial score (nSPS) is 20.2. The highest BCUT2D eigenvalue weighted by atomic mass is 16.4. The number of hydrogen-bond acceptors (Lipinski definition) is 4. The standard InChI is InChI=1S/C13H15N3O3/c1-9(10-5-3-2-4-6-10)15-13(18)16-11(8-14-19)7-12(16)17/h2-6,8-9,11,19H,7H2,1H3,(H,15,18)/b14-8+. The summed E-state index contributed by atoms with van der Waals surface area (Å²) in [7, 11) is 0. The summed E-state index contributed by atoms with van der Waals surface area (Å²) in [5.41, 5.74) is 0.955. The highest BCUT2D eigenvalue weighted by Gasteiger charge is 2.40. The molecule has 6 heteroatoms. The van der Waals surface area contributed by atoms with E-state index in [4.69, 9.17) is 5.21 Å². The Balaban J connectivity index is 1.99. The van der Waals surface area contributed by atoms with E-state index in [1.165, 1.54) is 6.21 Å². The van der Waals surface area contributed by atoms with Crippen molar-refractivity contribution in [2.24, 2.45) is 5.16 Å². The highest BCUT2D eigenvalue weighted by molar-refractivity contribution is 6.04. The van der Waals surface area contributed by atoms with Crippen LogP contribution >= 0.6 is 0 Å². The van der Waals surface area contributed by atoms with Crippen LogP contribution in [0, 0.1) is 0 Å². The molecule has 2 rings (SSSR count). The van der Waals surface area contributed by atoms with Gasteiger partial charge in [-0.15, -0.1) is 0 Å². The minimum atomic E-state index is -0.475. The molecule has 1 aromatic rings. The first-order valence-corrected chi connectivity index (χ1v) is 5.98. The van der Waals surface area contributed by atoms with Crippen molar-refractivity contribution in [2.75, 3.05) is 0 Å². The lowest BCUT2D eigenvalue weighted by Crippen LogP contribution is -2.59. The Labute approximate surface area is 110 Å². The molecule has 0 spiro atoms. The number of nitrogens with zero attached hydrogens (tertiary/aromatic N) is 2. The minimum absolute atomic E-state index is 0.192. The van der Waals surface area contributed by atoms with Gasteiger partial charge in [0.2, 0.25) is 5.91 Å². The maximum atomic E-state index is 12.0. The van der Waals surface area contributed by atoms with Crippen LogP contribution in [-0.4, -0.2) is 34.3 Å². The van der Waals surface area contributed by atoms with Gasteiger partial charge in [-0.3, -0.25) is 9.69 Å². The fourth-order valence-electron chi connectivity index (χ4n) is 1.98. The van der Waals surface area contributed by atoms with Crippen LogP contribution in [0.15, 0.2) is 35.5 Å². The van der Waals surface area contributed by atoms with Gasteiger partial charge in [0.05, 0.1) is 24.7 Å². The van der Waals surface area contributed by atoms with Gasteiger partial charge >= 0.3 is 6.03 Å². The number of urea groups is 1. The number of amides is 3. The SMILES string of the molecule is CC(NC(=O)N1C(=O)CC1/C=N/O)c1ccccc1. The van der Waals surface area contributed by atoms with Crippen molar-refractivity contribution < 1.29 is 14.8 Å². The first-order chi connectivity index (χ1) is 9.13. The molecule has 1 aliphatic heterocycles. The zero-order chi connectivity index (χ0) is 13.8. The Morgan fingerprint density at radius 2 is 2.21 bits per heavy atom. The van der Waals surface area contributed by atoms with E-state index in [9.17, 15) is 9.59 Å². The molecule has 0 aliphatic carbocycles. The van der Waals surface area contributed by atoms with Crippen molar-refractivity contribution in [3.05, 3.63) is 35.9 Å². The van der Waals surface area contributed by atoms with Gasteiger partial charge in [-0.05, 0) is 12.5 Å². The van der Waals surface area contributed by atoms with Crippen molar-refractivity contribution in [3.8, 4) is 0 Å². The third-order valence-corrected chi connectivity index (χ3v) is 3.08. The molecular formula is C13H15N3O3. The quantitative estimate of drug-likeness (QED) is 0.374. The summed E-state index contributed by atoms with van der Waals surface area (Å²) in [6.45, 7) is 1.84. The van der Waals surface area contributed by atoms with Gasteiger partial charge in [0.15, 0.2) is 0 Å². The van der Waals surface area contributed by atoms with Crippen LogP contribution in [0.5, 0.6) is 0 Å². The van der Waals surface area contributed by atoms with Gasteiger partial charge in [-0.25, -0.2) is 4.79 Å². The lowest BCUT2D eigenvalue weighted by molar-refractivity contribution is -0.137. The minimum Gasteiger partial charge on any atom is -0.411 e. The molecule has 3 amide bonds. The van der Waals surface area contributed by atoms with E-state index in [1.807, 2.05) is 37.3 Å². The fourth-order valence-corrected chi connectivity index (χ4v) is 1.98. The smallest absolute Gasteiger partial charge is 0.325 e. The predicted molar refractivity (Wildman–Crippen MR) is 68.9 cm³/mol. The first-order valence-electron chi connectivity index (χ1n) is 5.98. The monoisotopic (exact) mass is 261 g/mol. The molecule has 1 fully saturated rings. The summed E-state index contributed by atoms with van der Waals surface area (Å²) in [6, 6.07) is 8.32. The predicted octanol–water partition coefficient (Wildman–Crippen LogP) is 1.52. The topological polar surface area (TPSA) is 82.0 Å². The summed E-state index contributed by atoms with van der Waals surface area (Å²) in [5.74, 6) is -0.275. The molecule has 1 saturated heterocycles. The summed E-state index contributed by atoms with van der Waals surface area (Å²) in [6.07, 6.45) is 1.37. The molecule has 1 aromatic carbocycles. The molecule has 0 saturated carbocycles. The van der Waals surface area contributed by atoms with E-state index in [1.54, 1.807) is 0 Å². The second-order valence-electron chi connectivity index (χ2n) is 4.38. The molecule has 0 aromatic heterocycles. The van der Waals surface area contributed by atoms with Gasteiger partial charge < -0.3 is 10.5 Å². The molecular weight excluding hydrogens is 246 g/mol. The average Bonchev–Trinajstić information content (AvgIpc) is 2.39. The Morgan fingerprint density at radius 3 is 2.79 bits per heavy atom. The van der Waals surface area contributed by atoms with Crippen LogP contribution < -0.4 is 5.32 Å². The number of hydrogen-bond donors (Lipinski definition) is 2. The Hall–Kier alpha value is -2.37. The summed E-state index contributed by atoms with van der Waals surface area (Å²) in [5, 5.41) is 14.1. The van der Waals surface area contributed by atoms with Gasteiger partial charge in [-0.2, -0.15) is 0 Å². The summed E-state index contributed by atoms with van der Waals surface area (Å²) >= 11 is 0. The first kappa shape index (κ1) is 13.1. The van der Waals surface area contributed by atoms with Crippen molar-refractivity contribution in [3.63, 3.8) is 0 Å². The van der Waals surface area contributed by atoms with E-state index < -0.39 is 12.1 Å². The van der Waals surface area contributed by atoms with Crippen LogP contribution in [0.2, 0.25) is 0 Å². The molecule has 100 valence electrons. The molecule has 1 aliphatic rings. The molecule has 0 bridgehead atoms. The van der Waals surface area contributed by atoms with Gasteiger partial charge in [0, 0.05) is 0 Å². The maximum Gasteiger partial charge on any atom is 0.325 e. The lowest BCUT2D eigenvalue weighted by atomic mass is 10.0. The molecule has 19 heavy (non-hydrogen) atoms. The third-order valence-electron chi connectivity index (χ3n) is 3.08. The van der Waals surface area contributed by atoms with E-state index in [-0.39, 0.29) is 18.4 Å². The average molecular weight is 261 g/mol. The van der Waals surface area contributed by atoms with E-state index >= 15 is 0 Å². The van der Waals surface area contributed by atoms with Crippen LogP contribution in [0.3, 0.4) is 0 Å². The zero-order valence-electron chi connectivity index (χ0n) is 10.5. The van der Waals surface area contributed by atoms with E-state index in [0.29, 0.717) is 0 Å². The van der Waals surface area contributed by atoms with Crippen LogP contribution in [0.1, 0.15) is 24.9 Å². The highest BCUT2D eigenvalue weighted by Crippen LogP contribution is 2.19. The van der Waals surface area contributed by atoms with Crippen molar-refractivity contribution in [2.45, 2.75) is 25.4 Å². The largest absolute Gasteiger partial charge is 0.411 e. The van der Waals surface area contributed by atoms with Crippen molar-refractivity contribution in [1.29, 1.82) is 0 Å². The van der Waals surface area contributed by atoms with E-state index in [2.05, 4.69) is 10.5 Å². The Bertz CT molecular complexity index is 501. The number of benzene rings is 1. The molecule has 1 heterocycles. The number of nitrogens with one attached hydrogen (secondary N) is 1. The van der Waals surface area contributed by atoms with Crippen molar-refractivity contribution >= 4 is 18.2 Å². The number of oxime groups is 1. The molecule has 2 atom stereocenters. The van der Waals surface area contributed by atoms with Crippen LogP contribution in [0.4, 0.5) is 4.79 Å². The second-order valence-corrected chi connectivity index (χ2v) is 4.38. The van der Waals surface area contributed by atoms with Crippen LogP contribution in [0.25, 0.3) is 0 Å². The van der Waals surface area contributed by atoms with Crippen molar-refractivity contribution in [1.82, 2.24) is 10.2 Å². The lowest BCUT2D eigenvalue weighted by Gasteiger charge is -2.36. The number of likely N-dealkylation sites (tertiary alicyclic amines) is 1. The molecule has 6 nitrogen and oxygen atoms in total. The second kappa shape index (κ2) is 5.51. The van der Waals surface area contributed by atoms with Gasteiger partial charge in [0.1, 0.15) is 0 Å². The number of imide groups is 1. The summed E-state index contributed by atoms with van der Waals surface area (Å²) < 4.78 is 0. The van der Waals surface area contributed by atoms with Crippen LogP contribution in [-0.2, 0) is 4.79 Å². The molecule has 2 N–H and O–H groups in total. The Kier molecular flexibility index (Phi) is 3.79. The Morgan fingerprint density at radius 1 is 1.53 bits per heavy atom. The number of rotatable bonds is 3. The zero-order valence-corrected chi connectivity index (χ0v) is 10.5. The number of β-lactam (4-membered cyclic amide) rings is 1. The molecule has 2 unspecified atom stereocenters. The van der Waals surface area contributed by atoms with Gasteiger partial charge in [0.25, 0.3) is 0 Å². The molecule has 0 radical (unpaired) electrons. The number of carbonyl (C=O) groups is 2. The van der Waals surface area contributed by atoms with E-state index in [0.717, 1.165) is 10.5 Å². The third kappa shape index (κ3) is 2.73. The number of carbonyl (C=O) groups excluding carboxylic acids is 2. The summed E-state index contributed by atoms with van der Waals surface area (Å²) in [4.78, 5) is 24.4. The maximum absolute atomic E-state index is 12.0.